The number of nitrogens with one attached hydrogen (secondary N) is 1. The molecule has 0 heterocycles. The zero-order valence-corrected chi connectivity index (χ0v) is 10.4. The van der Waals surface area contributed by atoms with Gasteiger partial charge in [-0.15, -0.1) is 0 Å². The van der Waals surface area contributed by atoms with Crippen molar-refractivity contribution < 1.29 is 14.7 Å². The Morgan fingerprint density at radius 2 is 1.94 bits per heavy atom. The Bertz CT molecular complexity index is 452. The van der Waals surface area contributed by atoms with Crippen molar-refractivity contribution in [2.75, 3.05) is 18.9 Å². The number of carboxylic acid groups (broad SMARTS) is 1. The number of rotatable bonds is 4. The zero-order chi connectivity index (χ0) is 13.5. The summed E-state index contributed by atoms with van der Waals surface area (Å²) in [5.41, 5.74) is 1.44. The molecule has 2 N–H and O–H groups in total. The van der Waals surface area contributed by atoms with E-state index < -0.39 is 5.97 Å². The van der Waals surface area contributed by atoms with Crippen LogP contribution in [-0.2, 0) is 4.79 Å². The molecule has 96 valence electrons. The second-order valence-corrected chi connectivity index (χ2v) is 3.74. The molecular weight excluding hydrogens is 232 g/mol. The van der Waals surface area contributed by atoms with Gasteiger partial charge in [-0.1, -0.05) is 12.1 Å². The van der Waals surface area contributed by atoms with Gasteiger partial charge in [0.15, 0.2) is 0 Å². The number of anilines is 1. The summed E-state index contributed by atoms with van der Waals surface area (Å²) in [4.78, 5) is 23.5. The second kappa shape index (κ2) is 6.44. The number of carbonyl (C=O) groups is 2. The molecule has 0 aromatic heterocycles. The highest BCUT2D eigenvalue weighted by atomic mass is 16.4. The normalized spacial score (nSPS) is 10.3. The lowest BCUT2D eigenvalue weighted by Gasteiger charge is -2.15. The number of carboxylic acids is 1. The van der Waals surface area contributed by atoms with Crippen molar-refractivity contribution in [1.82, 2.24) is 4.90 Å². The quantitative estimate of drug-likeness (QED) is 0.803. The molecule has 0 atom stereocenters. The van der Waals surface area contributed by atoms with Gasteiger partial charge in [0.25, 0.3) is 0 Å². The van der Waals surface area contributed by atoms with E-state index in [9.17, 15) is 9.59 Å². The van der Waals surface area contributed by atoms with Crippen LogP contribution in [0, 0.1) is 0 Å². The van der Waals surface area contributed by atoms with Crippen LogP contribution in [-0.4, -0.2) is 35.6 Å². The van der Waals surface area contributed by atoms with Crippen molar-refractivity contribution in [3.8, 4) is 0 Å². The summed E-state index contributed by atoms with van der Waals surface area (Å²) in [7, 11) is 1.71. The van der Waals surface area contributed by atoms with Crippen molar-refractivity contribution in [1.29, 1.82) is 0 Å². The summed E-state index contributed by atoms with van der Waals surface area (Å²) < 4.78 is 0. The number of carbonyl (C=O) groups excluding carboxylic acids is 1. The molecule has 1 aromatic rings. The number of aliphatic carboxylic acids is 1. The van der Waals surface area contributed by atoms with Gasteiger partial charge < -0.3 is 15.3 Å². The predicted molar refractivity (Wildman–Crippen MR) is 70.4 cm³/mol. The fourth-order valence-corrected chi connectivity index (χ4v) is 1.21. The lowest BCUT2D eigenvalue weighted by Crippen LogP contribution is -2.30. The van der Waals surface area contributed by atoms with E-state index in [0.717, 1.165) is 11.6 Å². The SMILES string of the molecule is CCN(C)C(=O)Nc1ccc(/C=C/C(=O)O)cc1. The van der Waals surface area contributed by atoms with Gasteiger partial charge in [0, 0.05) is 25.4 Å². The molecule has 0 saturated carbocycles. The molecule has 0 unspecified atom stereocenters. The first kappa shape index (κ1) is 13.8. The minimum absolute atomic E-state index is 0.175. The molecule has 1 rings (SSSR count). The van der Waals surface area contributed by atoms with Crippen LogP contribution in [0.3, 0.4) is 0 Å². The predicted octanol–water partition coefficient (Wildman–Crippen LogP) is 2.27. The van der Waals surface area contributed by atoms with Crippen LogP contribution in [0.5, 0.6) is 0 Å². The third kappa shape index (κ3) is 4.29. The Morgan fingerprint density at radius 1 is 1.33 bits per heavy atom. The summed E-state index contributed by atoms with van der Waals surface area (Å²) in [6.45, 7) is 2.52. The van der Waals surface area contributed by atoms with E-state index in [2.05, 4.69) is 5.32 Å². The van der Waals surface area contributed by atoms with Crippen LogP contribution in [0.15, 0.2) is 30.3 Å². The van der Waals surface area contributed by atoms with Crippen molar-refractivity contribution >= 4 is 23.8 Å². The highest BCUT2D eigenvalue weighted by Crippen LogP contribution is 2.11. The summed E-state index contributed by atoms with van der Waals surface area (Å²) in [5, 5.41) is 11.2. The summed E-state index contributed by atoms with van der Waals surface area (Å²) >= 11 is 0. The minimum atomic E-state index is -0.989. The van der Waals surface area contributed by atoms with Crippen molar-refractivity contribution in [2.24, 2.45) is 0 Å². The Morgan fingerprint density at radius 3 is 2.44 bits per heavy atom. The fraction of sp³-hybridized carbons (Fsp3) is 0.231. The number of hydrogen-bond acceptors (Lipinski definition) is 2. The molecule has 0 saturated heterocycles. The third-order valence-corrected chi connectivity index (χ3v) is 2.40. The number of urea groups is 1. The number of benzene rings is 1. The molecule has 0 aliphatic rings. The number of nitrogens with zero attached hydrogens (tertiary/aromatic N) is 1. The highest BCUT2D eigenvalue weighted by Gasteiger charge is 2.05. The zero-order valence-electron chi connectivity index (χ0n) is 10.4. The largest absolute Gasteiger partial charge is 0.478 e. The molecule has 0 aliphatic heterocycles. The van der Waals surface area contributed by atoms with Gasteiger partial charge in [-0.2, -0.15) is 0 Å². The maximum atomic E-state index is 11.6. The van der Waals surface area contributed by atoms with E-state index in [1.54, 1.807) is 36.2 Å². The molecule has 0 radical (unpaired) electrons. The molecule has 0 bridgehead atoms. The molecule has 2 amide bonds. The lowest BCUT2D eigenvalue weighted by atomic mass is 10.2. The van der Waals surface area contributed by atoms with E-state index >= 15 is 0 Å². The van der Waals surface area contributed by atoms with Crippen LogP contribution in [0.2, 0.25) is 0 Å². The molecule has 0 spiro atoms. The van der Waals surface area contributed by atoms with E-state index in [1.807, 2.05) is 6.92 Å². The van der Waals surface area contributed by atoms with Crippen LogP contribution < -0.4 is 5.32 Å². The molecule has 0 aliphatic carbocycles. The van der Waals surface area contributed by atoms with Gasteiger partial charge in [-0.05, 0) is 30.7 Å². The summed E-state index contributed by atoms with van der Waals surface area (Å²) in [6.07, 6.45) is 2.56. The monoisotopic (exact) mass is 248 g/mol. The van der Waals surface area contributed by atoms with Crippen LogP contribution in [0.25, 0.3) is 6.08 Å². The number of amides is 2. The molecule has 1 aromatic carbocycles. The van der Waals surface area contributed by atoms with E-state index in [0.29, 0.717) is 12.2 Å². The first-order valence-electron chi connectivity index (χ1n) is 5.56. The van der Waals surface area contributed by atoms with E-state index in [1.165, 1.54) is 6.08 Å². The molecular formula is C13H16N2O3. The van der Waals surface area contributed by atoms with Gasteiger partial charge in [-0.3, -0.25) is 0 Å². The maximum absolute atomic E-state index is 11.6. The lowest BCUT2D eigenvalue weighted by molar-refractivity contribution is -0.131. The molecule has 0 fully saturated rings. The summed E-state index contributed by atoms with van der Waals surface area (Å²) in [6, 6.07) is 6.75. The summed E-state index contributed by atoms with van der Waals surface area (Å²) in [5.74, 6) is -0.989. The van der Waals surface area contributed by atoms with Crippen molar-refractivity contribution in [3.05, 3.63) is 35.9 Å². The average Bonchev–Trinajstić information content (AvgIpc) is 2.36. The Labute approximate surface area is 106 Å². The van der Waals surface area contributed by atoms with E-state index in [4.69, 9.17) is 5.11 Å². The maximum Gasteiger partial charge on any atom is 0.328 e. The van der Waals surface area contributed by atoms with Gasteiger partial charge in [0.2, 0.25) is 0 Å². The fourth-order valence-electron chi connectivity index (χ4n) is 1.21. The van der Waals surface area contributed by atoms with E-state index in [-0.39, 0.29) is 6.03 Å². The minimum Gasteiger partial charge on any atom is -0.478 e. The van der Waals surface area contributed by atoms with Gasteiger partial charge in [-0.25, -0.2) is 9.59 Å². The Kier molecular flexibility index (Phi) is 4.92. The third-order valence-electron chi connectivity index (χ3n) is 2.40. The smallest absolute Gasteiger partial charge is 0.328 e. The van der Waals surface area contributed by atoms with Gasteiger partial charge in [0.05, 0.1) is 0 Å². The Balaban J connectivity index is 2.66. The van der Waals surface area contributed by atoms with Crippen LogP contribution in [0.1, 0.15) is 12.5 Å². The standard InChI is InChI=1S/C13H16N2O3/c1-3-15(2)13(18)14-11-7-4-10(5-8-11)6-9-12(16)17/h4-9H,3H2,1-2H3,(H,14,18)(H,16,17)/b9-6+. The first-order chi connectivity index (χ1) is 8.52. The first-order valence-corrected chi connectivity index (χ1v) is 5.56. The van der Waals surface area contributed by atoms with Gasteiger partial charge in [0.1, 0.15) is 0 Å². The second-order valence-electron chi connectivity index (χ2n) is 3.74. The molecule has 18 heavy (non-hydrogen) atoms. The molecule has 5 nitrogen and oxygen atoms in total. The van der Waals surface area contributed by atoms with Crippen LogP contribution >= 0.6 is 0 Å². The van der Waals surface area contributed by atoms with Crippen LogP contribution in [0.4, 0.5) is 10.5 Å². The highest BCUT2D eigenvalue weighted by molar-refractivity contribution is 5.89. The van der Waals surface area contributed by atoms with Gasteiger partial charge >= 0.3 is 12.0 Å². The number of hydrogen-bond donors (Lipinski definition) is 2. The Hall–Kier alpha value is -2.30. The van der Waals surface area contributed by atoms with Crippen molar-refractivity contribution in [2.45, 2.75) is 6.92 Å². The topological polar surface area (TPSA) is 69.6 Å². The van der Waals surface area contributed by atoms with Crippen molar-refractivity contribution in [3.63, 3.8) is 0 Å². The molecule has 5 heteroatoms. The average molecular weight is 248 g/mol.